The molecule has 0 aliphatic rings. The molecule has 0 aromatic rings. The van der Waals surface area contributed by atoms with Gasteiger partial charge in [-0.05, 0) is 0 Å². The van der Waals surface area contributed by atoms with Gasteiger partial charge in [-0.2, -0.15) is 0 Å². The Morgan fingerprint density at radius 2 is 2.25 bits per heavy atom. The van der Waals surface area contributed by atoms with E-state index in [1.165, 1.54) is 0 Å². The molecule has 1 N–H and O–H groups in total. The van der Waals surface area contributed by atoms with Gasteiger partial charge in [0.25, 0.3) is 0 Å². The lowest BCUT2D eigenvalue weighted by Crippen LogP contribution is -1.67. The maximum Gasteiger partial charge on any atom is 0.0560 e. The van der Waals surface area contributed by atoms with Crippen molar-refractivity contribution in [3.05, 3.63) is 4.43 Å². The molecule has 0 amide bonds. The first-order valence-corrected chi connectivity index (χ1v) is 2.19. The van der Waals surface area contributed by atoms with Crippen molar-refractivity contribution >= 4 is 22.6 Å². The van der Waals surface area contributed by atoms with E-state index in [2.05, 4.69) is 0 Å². The van der Waals surface area contributed by atoms with Crippen molar-refractivity contribution in [3.63, 3.8) is 0 Å². The maximum absolute atomic E-state index is 7.81. The van der Waals surface area contributed by atoms with Crippen molar-refractivity contribution in [2.75, 3.05) is 6.61 Å². The zero-order valence-corrected chi connectivity index (χ0v) is 4.27. The largest absolute Gasteiger partial charge is 0.395 e. The van der Waals surface area contributed by atoms with Crippen LogP contribution in [0.2, 0.25) is 0 Å². The standard InChI is InChI=1S/C2H4IO/c3-1-2-4/h1,4H,2H2. The van der Waals surface area contributed by atoms with E-state index in [0.717, 1.165) is 0 Å². The molecule has 0 unspecified atom stereocenters. The van der Waals surface area contributed by atoms with Crippen LogP contribution in [0.5, 0.6) is 0 Å². The first-order chi connectivity index (χ1) is 1.91. The normalized spacial score (nSPS) is 7.50. The molecule has 1 radical (unpaired) electrons. The van der Waals surface area contributed by atoms with Crippen LogP contribution in [-0.2, 0) is 0 Å². The summed E-state index contributed by atoms with van der Waals surface area (Å²) >= 11 is 1.98. The van der Waals surface area contributed by atoms with Crippen LogP contribution < -0.4 is 0 Å². The molecule has 0 aliphatic heterocycles. The summed E-state index contributed by atoms with van der Waals surface area (Å²) in [4.78, 5) is 0. The van der Waals surface area contributed by atoms with Gasteiger partial charge in [0.15, 0.2) is 0 Å². The molecule has 4 heavy (non-hydrogen) atoms. The summed E-state index contributed by atoms with van der Waals surface area (Å²) in [6.07, 6.45) is 0. The fraction of sp³-hybridized carbons (Fsp3) is 0.500. The molecule has 0 aromatic carbocycles. The molecule has 0 heterocycles. The van der Waals surface area contributed by atoms with Gasteiger partial charge in [0.05, 0.1) is 6.61 Å². The third-order valence-electron chi connectivity index (χ3n) is 0.0690. The van der Waals surface area contributed by atoms with Crippen molar-refractivity contribution in [2.24, 2.45) is 0 Å². The second-order valence-electron chi connectivity index (χ2n) is 0.337. The quantitative estimate of drug-likeness (QED) is 0.572. The lowest BCUT2D eigenvalue weighted by atomic mass is 10.9. The molecule has 2 heteroatoms. The SMILES string of the molecule is OC[CH]I. The molecule has 25 valence electrons. The average molecular weight is 171 g/mol. The van der Waals surface area contributed by atoms with Crippen LogP contribution in [0.1, 0.15) is 0 Å². The van der Waals surface area contributed by atoms with E-state index in [-0.39, 0.29) is 6.61 Å². The monoisotopic (exact) mass is 171 g/mol. The van der Waals surface area contributed by atoms with Crippen LogP contribution in [0.15, 0.2) is 0 Å². The van der Waals surface area contributed by atoms with E-state index >= 15 is 0 Å². The highest BCUT2D eigenvalue weighted by atomic mass is 127. The molecule has 0 atom stereocenters. The summed E-state index contributed by atoms with van der Waals surface area (Å²) in [6, 6.07) is 0. The van der Waals surface area contributed by atoms with Crippen molar-refractivity contribution in [1.29, 1.82) is 0 Å². The summed E-state index contributed by atoms with van der Waals surface area (Å²) in [5.41, 5.74) is 0. The van der Waals surface area contributed by atoms with E-state index in [9.17, 15) is 0 Å². The van der Waals surface area contributed by atoms with Crippen LogP contribution in [0.4, 0.5) is 0 Å². The molecule has 0 bridgehead atoms. The first-order valence-electron chi connectivity index (χ1n) is 0.943. The van der Waals surface area contributed by atoms with Crippen molar-refractivity contribution in [2.45, 2.75) is 0 Å². The number of hydrogen-bond acceptors (Lipinski definition) is 1. The second kappa shape index (κ2) is 3.69. The highest BCUT2D eigenvalue weighted by molar-refractivity contribution is 14.1. The zero-order chi connectivity index (χ0) is 3.41. The summed E-state index contributed by atoms with van der Waals surface area (Å²) in [5.74, 6) is 0. The van der Waals surface area contributed by atoms with E-state index < -0.39 is 0 Å². The van der Waals surface area contributed by atoms with Gasteiger partial charge in [-0.25, -0.2) is 0 Å². The predicted octanol–water partition coefficient (Wildman–Crippen LogP) is 0.575. The molecule has 0 rings (SSSR count). The Hall–Kier alpha value is 0.690. The Kier molecular flexibility index (Phi) is 4.33. The van der Waals surface area contributed by atoms with Gasteiger partial charge >= 0.3 is 0 Å². The minimum absolute atomic E-state index is 0.181. The number of aliphatic hydroxyl groups is 1. The van der Waals surface area contributed by atoms with Crippen molar-refractivity contribution < 1.29 is 5.11 Å². The van der Waals surface area contributed by atoms with Gasteiger partial charge in [0.1, 0.15) is 0 Å². The van der Waals surface area contributed by atoms with Crippen molar-refractivity contribution in [3.8, 4) is 0 Å². The van der Waals surface area contributed by atoms with Gasteiger partial charge in [-0.1, -0.05) is 22.6 Å². The summed E-state index contributed by atoms with van der Waals surface area (Å²) < 4.78 is 1.65. The summed E-state index contributed by atoms with van der Waals surface area (Å²) in [7, 11) is 0. The first kappa shape index (κ1) is 4.69. The van der Waals surface area contributed by atoms with E-state index in [1.54, 1.807) is 4.43 Å². The molecule has 0 spiro atoms. The third-order valence-corrected chi connectivity index (χ3v) is 0.463. The topological polar surface area (TPSA) is 20.2 Å². The van der Waals surface area contributed by atoms with Gasteiger partial charge in [0, 0.05) is 4.43 Å². The second-order valence-corrected chi connectivity index (χ2v) is 1.22. The lowest BCUT2D eigenvalue weighted by molar-refractivity contribution is 0.339. The molecular formula is C2H4IO. The molecular weight excluding hydrogens is 167 g/mol. The fourth-order valence-corrected chi connectivity index (χ4v) is 0. The van der Waals surface area contributed by atoms with Crippen LogP contribution in [0.25, 0.3) is 0 Å². The van der Waals surface area contributed by atoms with Gasteiger partial charge in [-0.15, -0.1) is 0 Å². The number of aliphatic hydroxyl groups excluding tert-OH is 1. The Morgan fingerprint density at radius 1 is 2.00 bits per heavy atom. The number of halogens is 1. The van der Waals surface area contributed by atoms with Gasteiger partial charge in [-0.3, -0.25) is 0 Å². The van der Waals surface area contributed by atoms with Gasteiger partial charge < -0.3 is 5.11 Å². The predicted molar refractivity (Wildman–Crippen MR) is 25.4 cm³/mol. The van der Waals surface area contributed by atoms with Gasteiger partial charge in [0.2, 0.25) is 0 Å². The Labute approximate surface area is 39.2 Å². The van der Waals surface area contributed by atoms with Crippen LogP contribution >= 0.6 is 22.6 Å². The third kappa shape index (κ3) is 2.69. The van der Waals surface area contributed by atoms with E-state index in [0.29, 0.717) is 0 Å². The van der Waals surface area contributed by atoms with Crippen LogP contribution in [-0.4, -0.2) is 11.7 Å². The number of hydrogen-bond donors (Lipinski definition) is 1. The highest BCUT2D eigenvalue weighted by Crippen LogP contribution is 1.81. The molecule has 0 aromatic heterocycles. The maximum atomic E-state index is 7.81. The number of rotatable bonds is 1. The minimum Gasteiger partial charge on any atom is -0.395 e. The molecule has 1 nitrogen and oxygen atoms in total. The smallest absolute Gasteiger partial charge is 0.0560 e. The van der Waals surface area contributed by atoms with Crippen LogP contribution in [0, 0.1) is 4.43 Å². The Balaban J connectivity index is 1.97. The van der Waals surface area contributed by atoms with Crippen LogP contribution in [0.3, 0.4) is 0 Å². The molecule has 0 fully saturated rings. The molecule has 0 aliphatic carbocycles. The fourth-order valence-electron chi connectivity index (χ4n) is 0. The highest BCUT2D eigenvalue weighted by Gasteiger charge is 1.60. The zero-order valence-electron chi connectivity index (χ0n) is 2.11. The summed E-state index contributed by atoms with van der Waals surface area (Å²) in [6.45, 7) is 0.181. The van der Waals surface area contributed by atoms with E-state index in [1.807, 2.05) is 22.6 Å². The lowest BCUT2D eigenvalue weighted by Gasteiger charge is -1.66. The Morgan fingerprint density at radius 3 is 2.25 bits per heavy atom. The average Bonchev–Trinajstić information content (AvgIpc) is 1.37. The van der Waals surface area contributed by atoms with E-state index in [4.69, 9.17) is 5.11 Å². The minimum atomic E-state index is 0.181. The van der Waals surface area contributed by atoms with Crippen molar-refractivity contribution in [1.82, 2.24) is 0 Å². The molecule has 0 saturated carbocycles. The Bertz CT molecular complexity index is 8.00. The molecule has 0 saturated heterocycles. The summed E-state index contributed by atoms with van der Waals surface area (Å²) in [5, 5.41) is 7.81.